The molecular weight excluding hydrogens is 236 g/mol. The highest BCUT2D eigenvalue weighted by atomic mass is 32.2. The minimum absolute atomic E-state index is 0.342. The van der Waals surface area contributed by atoms with Crippen LogP contribution in [-0.2, 0) is 6.42 Å². The number of nitrogens with zero attached hydrogens (tertiary/aromatic N) is 3. The van der Waals surface area contributed by atoms with E-state index in [0.29, 0.717) is 29.6 Å². The molecule has 0 saturated carbocycles. The molecule has 6 heteroatoms. The first-order chi connectivity index (χ1) is 8.11. The van der Waals surface area contributed by atoms with Gasteiger partial charge in [0, 0.05) is 36.6 Å². The van der Waals surface area contributed by atoms with Crippen LogP contribution in [0, 0.1) is 0 Å². The van der Waals surface area contributed by atoms with E-state index in [1.165, 1.54) is 0 Å². The van der Waals surface area contributed by atoms with Crippen LogP contribution in [-0.4, -0.2) is 40.3 Å². The van der Waals surface area contributed by atoms with Gasteiger partial charge in [-0.05, 0) is 6.42 Å². The molecule has 1 aliphatic heterocycles. The van der Waals surface area contributed by atoms with Crippen LogP contribution >= 0.6 is 11.8 Å². The van der Waals surface area contributed by atoms with Crippen molar-refractivity contribution >= 4 is 17.8 Å². The monoisotopic (exact) mass is 256 g/mol. The molecule has 1 saturated heterocycles. The summed E-state index contributed by atoms with van der Waals surface area (Å²) in [5.41, 5.74) is 5.46. The Hall–Kier alpha value is -0.750. The highest BCUT2D eigenvalue weighted by Crippen LogP contribution is 2.31. The van der Waals surface area contributed by atoms with Gasteiger partial charge in [0.15, 0.2) is 0 Å². The zero-order valence-corrected chi connectivity index (χ0v) is 11.3. The summed E-state index contributed by atoms with van der Waals surface area (Å²) in [6, 6.07) is 0.645. The highest BCUT2D eigenvalue weighted by Gasteiger charge is 2.25. The smallest absolute Gasteiger partial charge is 0.318 e. The molecule has 1 aliphatic rings. The standard InChI is InChI=1S/C11H20N4OS/c1-11(2)4-6-15(7-8-17-11)10-14-13-9(16-10)3-5-12/h3-8,12H2,1-2H3. The predicted molar refractivity (Wildman–Crippen MR) is 70.4 cm³/mol. The van der Waals surface area contributed by atoms with Crippen molar-refractivity contribution in [1.82, 2.24) is 10.2 Å². The minimum Gasteiger partial charge on any atom is -0.408 e. The Labute approximate surface area is 106 Å². The lowest BCUT2D eigenvalue weighted by molar-refractivity contribution is 0.481. The molecular formula is C11H20N4OS. The van der Waals surface area contributed by atoms with Crippen molar-refractivity contribution in [2.24, 2.45) is 5.73 Å². The fraction of sp³-hybridized carbons (Fsp3) is 0.818. The zero-order valence-electron chi connectivity index (χ0n) is 10.5. The number of thioether (sulfide) groups is 1. The van der Waals surface area contributed by atoms with Crippen molar-refractivity contribution in [2.45, 2.75) is 31.4 Å². The molecule has 0 aromatic carbocycles. The molecule has 0 bridgehead atoms. The molecule has 0 aliphatic carbocycles. The molecule has 2 N–H and O–H groups in total. The van der Waals surface area contributed by atoms with Gasteiger partial charge in [-0.2, -0.15) is 11.8 Å². The van der Waals surface area contributed by atoms with Gasteiger partial charge >= 0.3 is 6.01 Å². The van der Waals surface area contributed by atoms with Gasteiger partial charge in [0.1, 0.15) is 0 Å². The number of aromatic nitrogens is 2. The van der Waals surface area contributed by atoms with Gasteiger partial charge in [0.25, 0.3) is 0 Å². The minimum atomic E-state index is 0.342. The van der Waals surface area contributed by atoms with Crippen LogP contribution in [0.15, 0.2) is 4.42 Å². The van der Waals surface area contributed by atoms with Crippen LogP contribution in [0.25, 0.3) is 0 Å². The SMILES string of the molecule is CC1(C)CCN(c2nnc(CCN)o2)CCS1. The summed E-state index contributed by atoms with van der Waals surface area (Å²) in [5.74, 6) is 1.74. The van der Waals surface area contributed by atoms with Gasteiger partial charge in [-0.1, -0.05) is 18.9 Å². The molecule has 17 heavy (non-hydrogen) atoms. The number of anilines is 1. The number of rotatable bonds is 3. The van der Waals surface area contributed by atoms with E-state index >= 15 is 0 Å². The third-order valence-electron chi connectivity index (χ3n) is 2.92. The number of hydrogen-bond donors (Lipinski definition) is 1. The van der Waals surface area contributed by atoms with Crippen molar-refractivity contribution in [3.05, 3.63) is 5.89 Å². The largest absolute Gasteiger partial charge is 0.408 e. The van der Waals surface area contributed by atoms with Crippen LogP contribution < -0.4 is 10.6 Å². The summed E-state index contributed by atoms with van der Waals surface area (Å²) in [5, 5.41) is 8.10. The Kier molecular flexibility index (Phi) is 3.93. The third kappa shape index (κ3) is 3.35. The average Bonchev–Trinajstić information content (AvgIpc) is 2.64. The molecule has 5 nitrogen and oxygen atoms in total. The Balaban J connectivity index is 2.01. The van der Waals surface area contributed by atoms with E-state index in [0.717, 1.165) is 25.3 Å². The maximum atomic E-state index is 5.60. The summed E-state index contributed by atoms with van der Waals surface area (Å²) < 4.78 is 5.94. The van der Waals surface area contributed by atoms with E-state index in [4.69, 9.17) is 10.2 Å². The summed E-state index contributed by atoms with van der Waals surface area (Å²) in [6.45, 7) is 7.07. The van der Waals surface area contributed by atoms with E-state index in [1.807, 2.05) is 11.8 Å². The Morgan fingerprint density at radius 3 is 3.00 bits per heavy atom. The molecule has 1 aromatic rings. The van der Waals surface area contributed by atoms with Crippen molar-refractivity contribution in [3.63, 3.8) is 0 Å². The molecule has 0 atom stereocenters. The van der Waals surface area contributed by atoms with Crippen molar-refractivity contribution in [1.29, 1.82) is 0 Å². The maximum absolute atomic E-state index is 5.60. The van der Waals surface area contributed by atoms with Gasteiger partial charge in [-0.15, -0.1) is 5.10 Å². The van der Waals surface area contributed by atoms with Gasteiger partial charge in [0.2, 0.25) is 5.89 Å². The second kappa shape index (κ2) is 5.27. The average molecular weight is 256 g/mol. The first-order valence-electron chi connectivity index (χ1n) is 6.02. The van der Waals surface area contributed by atoms with Crippen molar-refractivity contribution in [3.8, 4) is 0 Å². The van der Waals surface area contributed by atoms with Crippen LogP contribution in [0.2, 0.25) is 0 Å². The first-order valence-corrected chi connectivity index (χ1v) is 7.01. The number of hydrogen-bond acceptors (Lipinski definition) is 6. The molecule has 0 spiro atoms. The summed E-state index contributed by atoms with van der Waals surface area (Å²) in [6.07, 6.45) is 1.79. The third-order valence-corrected chi connectivity index (χ3v) is 4.29. The molecule has 96 valence electrons. The lowest BCUT2D eigenvalue weighted by Gasteiger charge is -2.21. The van der Waals surface area contributed by atoms with Gasteiger partial charge in [-0.3, -0.25) is 0 Å². The molecule has 1 fully saturated rings. The molecule has 2 heterocycles. The fourth-order valence-electron chi connectivity index (χ4n) is 1.81. The number of nitrogens with two attached hydrogens (primary N) is 1. The van der Waals surface area contributed by atoms with Crippen LogP contribution in [0.3, 0.4) is 0 Å². The van der Waals surface area contributed by atoms with Crippen LogP contribution in [0.5, 0.6) is 0 Å². The van der Waals surface area contributed by atoms with Gasteiger partial charge < -0.3 is 15.1 Å². The normalized spacial score (nSPS) is 20.3. The predicted octanol–water partition coefficient (Wildman–Crippen LogP) is 1.29. The van der Waals surface area contributed by atoms with Gasteiger partial charge in [0.05, 0.1) is 0 Å². The molecule has 0 unspecified atom stereocenters. The fourth-order valence-corrected chi connectivity index (χ4v) is 2.91. The van der Waals surface area contributed by atoms with Crippen molar-refractivity contribution < 1.29 is 4.42 Å². The van der Waals surface area contributed by atoms with E-state index in [1.54, 1.807) is 0 Å². The van der Waals surface area contributed by atoms with E-state index < -0.39 is 0 Å². The van der Waals surface area contributed by atoms with E-state index in [-0.39, 0.29) is 0 Å². The quantitative estimate of drug-likeness (QED) is 0.879. The second-order valence-electron chi connectivity index (χ2n) is 4.86. The molecule has 0 amide bonds. The van der Waals surface area contributed by atoms with E-state index in [9.17, 15) is 0 Å². The van der Waals surface area contributed by atoms with Gasteiger partial charge in [-0.25, -0.2) is 0 Å². The van der Waals surface area contributed by atoms with E-state index in [2.05, 4.69) is 28.9 Å². The van der Waals surface area contributed by atoms with Crippen molar-refractivity contribution in [2.75, 3.05) is 30.3 Å². The second-order valence-corrected chi connectivity index (χ2v) is 6.66. The van der Waals surface area contributed by atoms with Crippen LogP contribution in [0.1, 0.15) is 26.2 Å². The topological polar surface area (TPSA) is 68.2 Å². The summed E-state index contributed by atoms with van der Waals surface area (Å²) in [7, 11) is 0. The maximum Gasteiger partial charge on any atom is 0.318 e. The van der Waals surface area contributed by atoms with Crippen LogP contribution in [0.4, 0.5) is 6.01 Å². The molecule has 1 aromatic heterocycles. The highest BCUT2D eigenvalue weighted by molar-refractivity contribution is 8.00. The zero-order chi connectivity index (χ0) is 12.3. The molecule has 0 radical (unpaired) electrons. The first kappa shape index (κ1) is 12.7. The molecule has 2 rings (SSSR count). The lowest BCUT2D eigenvalue weighted by atomic mass is 10.1. The Bertz CT molecular complexity index is 366. The summed E-state index contributed by atoms with van der Waals surface area (Å²) >= 11 is 2.01. The Morgan fingerprint density at radius 1 is 1.41 bits per heavy atom. The lowest BCUT2D eigenvalue weighted by Crippen LogP contribution is -2.27. The Morgan fingerprint density at radius 2 is 2.24 bits per heavy atom. The summed E-state index contributed by atoms with van der Waals surface area (Å²) in [4.78, 5) is 2.18.